The van der Waals surface area contributed by atoms with Gasteiger partial charge in [-0.25, -0.2) is 0 Å². The van der Waals surface area contributed by atoms with Gasteiger partial charge in [0.2, 0.25) is 0 Å². The van der Waals surface area contributed by atoms with Crippen molar-refractivity contribution < 1.29 is 0 Å². The highest BCUT2D eigenvalue weighted by atomic mass is 14.9. The first-order chi connectivity index (χ1) is 15.3. The molecule has 0 unspecified atom stereocenters. The Balaban J connectivity index is 1.60. The molecule has 1 aromatic heterocycles. The average molecular weight is 421 g/mol. The molecule has 0 aliphatic heterocycles. The lowest BCUT2D eigenvalue weighted by Crippen LogP contribution is -2.25. The van der Waals surface area contributed by atoms with Crippen molar-refractivity contribution in [1.82, 2.24) is 4.98 Å². The summed E-state index contributed by atoms with van der Waals surface area (Å²) in [4.78, 5) is 3.38. The fourth-order valence-corrected chi connectivity index (χ4v) is 3.82. The molecule has 0 fully saturated rings. The maximum atomic E-state index is 6.02. The van der Waals surface area contributed by atoms with Crippen LogP contribution in [0.2, 0.25) is 0 Å². The van der Waals surface area contributed by atoms with Crippen LogP contribution in [-0.2, 0) is 0 Å². The molecule has 0 aliphatic rings. The highest BCUT2D eigenvalue weighted by Gasteiger charge is 2.06. The van der Waals surface area contributed by atoms with Crippen molar-refractivity contribution in [3.8, 4) is 0 Å². The molecule has 5 N–H and O–H groups in total. The van der Waals surface area contributed by atoms with E-state index in [1.807, 2.05) is 55.5 Å². The summed E-state index contributed by atoms with van der Waals surface area (Å²) >= 11 is 0. The number of para-hydroxylation sites is 2. The Morgan fingerprint density at radius 1 is 0.875 bits per heavy atom. The topological polar surface area (TPSA) is 65.9 Å². The molecule has 0 saturated carbocycles. The minimum absolute atomic E-state index is 0.690. The first-order valence-corrected chi connectivity index (χ1v) is 10.5. The highest BCUT2D eigenvalue weighted by Crippen LogP contribution is 2.24. The second-order valence-corrected chi connectivity index (χ2v) is 8.04. The summed E-state index contributed by atoms with van der Waals surface area (Å²) < 4.78 is 0. The minimum Gasteiger partial charge on any atom is -0.397 e. The van der Waals surface area contributed by atoms with Gasteiger partial charge < -0.3 is 21.4 Å². The van der Waals surface area contributed by atoms with Crippen LogP contribution in [0.1, 0.15) is 25.0 Å². The molecule has 0 bridgehead atoms. The van der Waals surface area contributed by atoms with Crippen molar-refractivity contribution >= 4 is 51.5 Å². The van der Waals surface area contributed by atoms with Crippen molar-refractivity contribution in [2.24, 2.45) is 0 Å². The minimum atomic E-state index is 0.690. The van der Waals surface area contributed by atoms with Gasteiger partial charge in [-0.3, -0.25) is 0 Å². The molecule has 0 spiro atoms. The molecule has 4 nitrogen and oxygen atoms in total. The average Bonchev–Trinajstić information content (AvgIpc) is 3.10. The van der Waals surface area contributed by atoms with E-state index in [9.17, 15) is 0 Å². The fraction of sp³-hybridized carbons (Fsp3) is 0.0714. The van der Waals surface area contributed by atoms with Crippen LogP contribution in [-0.4, -0.2) is 4.98 Å². The summed E-state index contributed by atoms with van der Waals surface area (Å²) in [6.45, 7) is 16.5. The summed E-state index contributed by atoms with van der Waals surface area (Å²) in [5.41, 5.74) is 14.6. The largest absolute Gasteiger partial charge is 0.397 e. The van der Waals surface area contributed by atoms with Crippen molar-refractivity contribution in [2.75, 3.05) is 16.4 Å². The van der Waals surface area contributed by atoms with Crippen molar-refractivity contribution in [3.63, 3.8) is 0 Å². The number of hydrogen-bond donors (Lipinski definition) is 4. The summed E-state index contributed by atoms with van der Waals surface area (Å²) in [5, 5.41) is 9.90. The van der Waals surface area contributed by atoms with Gasteiger partial charge in [-0.2, -0.15) is 0 Å². The molecule has 3 aromatic carbocycles. The third-order valence-corrected chi connectivity index (χ3v) is 5.56. The Morgan fingerprint density at radius 3 is 2.25 bits per heavy atom. The number of allylic oxidation sites excluding steroid dienone is 1. The zero-order valence-corrected chi connectivity index (χ0v) is 18.5. The lowest BCUT2D eigenvalue weighted by molar-refractivity contribution is 1.35. The molecule has 0 atom stereocenters. The molecule has 1 heterocycles. The quantitative estimate of drug-likeness (QED) is 0.311. The van der Waals surface area contributed by atoms with Crippen LogP contribution in [0.15, 0.2) is 79.9 Å². The van der Waals surface area contributed by atoms with E-state index in [1.54, 1.807) is 0 Å². The Bertz CT molecular complexity index is 1440. The third kappa shape index (κ3) is 4.16. The predicted octanol–water partition coefficient (Wildman–Crippen LogP) is 5.52. The molecule has 0 saturated heterocycles. The maximum Gasteiger partial charge on any atom is 0.0617 e. The standard InChI is InChI=1S/C28H28N4/c1-17(2)22-12-15-26-24(16-22)28(20(5)32-26)19(4)30-23-13-10-21(11-14-23)18(3)31-27-9-7-6-8-25(27)29/h6-16,30-32H,1,3,5,29H2,2,4H3/b28-19+. The van der Waals surface area contributed by atoms with E-state index in [4.69, 9.17) is 5.73 Å². The molecule has 0 radical (unpaired) electrons. The number of rotatable bonds is 6. The molecule has 4 heteroatoms. The molecule has 0 aliphatic carbocycles. The zero-order valence-electron chi connectivity index (χ0n) is 18.5. The number of H-pyrrole nitrogens is 1. The van der Waals surface area contributed by atoms with E-state index < -0.39 is 0 Å². The van der Waals surface area contributed by atoms with Crippen LogP contribution in [0.3, 0.4) is 0 Å². The number of nitrogens with one attached hydrogen (secondary N) is 3. The number of nitrogen functional groups attached to an aromatic ring is 1. The molecule has 4 aromatic rings. The van der Waals surface area contributed by atoms with Crippen LogP contribution in [0, 0.1) is 0 Å². The Morgan fingerprint density at radius 2 is 1.56 bits per heavy atom. The van der Waals surface area contributed by atoms with Crippen LogP contribution >= 0.6 is 0 Å². The van der Waals surface area contributed by atoms with E-state index in [0.29, 0.717) is 5.69 Å². The monoisotopic (exact) mass is 420 g/mol. The molecular formula is C28H28N4. The van der Waals surface area contributed by atoms with Gasteiger partial charge in [0.1, 0.15) is 0 Å². The van der Waals surface area contributed by atoms with Gasteiger partial charge >= 0.3 is 0 Å². The molecule has 32 heavy (non-hydrogen) atoms. The Hall–Kier alpha value is -4.18. The second kappa shape index (κ2) is 8.52. The second-order valence-electron chi connectivity index (χ2n) is 8.04. The van der Waals surface area contributed by atoms with E-state index in [0.717, 1.165) is 60.9 Å². The number of aromatic nitrogens is 1. The molecule has 0 amide bonds. The van der Waals surface area contributed by atoms with Crippen LogP contribution in [0.5, 0.6) is 0 Å². The number of anilines is 3. The highest BCUT2D eigenvalue weighted by molar-refractivity contribution is 5.87. The summed E-state index contributed by atoms with van der Waals surface area (Å²) in [7, 11) is 0. The van der Waals surface area contributed by atoms with E-state index in [2.05, 4.69) is 60.5 Å². The Labute approximate surface area is 188 Å². The first-order valence-electron chi connectivity index (χ1n) is 10.5. The van der Waals surface area contributed by atoms with Gasteiger partial charge in [0, 0.05) is 38.6 Å². The van der Waals surface area contributed by atoms with E-state index in [-0.39, 0.29) is 0 Å². The SMILES string of the molecule is C=C(C)c1ccc2[nH]c(=C)/c(=C(/C)Nc3ccc(C(=C)Nc4ccccc4N)cc3)c2c1. The van der Waals surface area contributed by atoms with Crippen molar-refractivity contribution in [3.05, 3.63) is 102 Å². The zero-order chi connectivity index (χ0) is 22.8. The Kier molecular flexibility index (Phi) is 5.61. The van der Waals surface area contributed by atoms with Crippen molar-refractivity contribution in [1.29, 1.82) is 0 Å². The maximum absolute atomic E-state index is 6.02. The molecule has 160 valence electrons. The lowest BCUT2D eigenvalue weighted by atomic mass is 10.1. The number of fused-ring (bicyclic) bond motifs is 1. The third-order valence-electron chi connectivity index (χ3n) is 5.56. The summed E-state index contributed by atoms with van der Waals surface area (Å²) in [5.74, 6) is 0. The number of nitrogens with two attached hydrogens (primary N) is 1. The van der Waals surface area contributed by atoms with Crippen LogP contribution in [0.4, 0.5) is 17.1 Å². The predicted molar refractivity (Wildman–Crippen MR) is 140 cm³/mol. The van der Waals surface area contributed by atoms with Crippen molar-refractivity contribution in [2.45, 2.75) is 13.8 Å². The van der Waals surface area contributed by atoms with E-state index in [1.165, 1.54) is 0 Å². The van der Waals surface area contributed by atoms with Gasteiger partial charge in [-0.05, 0) is 61.4 Å². The number of hydrogen-bond acceptors (Lipinski definition) is 3. The van der Waals surface area contributed by atoms with Crippen LogP contribution < -0.4 is 26.9 Å². The summed E-state index contributed by atoms with van der Waals surface area (Å²) in [6, 6.07) is 22.1. The molecular weight excluding hydrogens is 392 g/mol. The van der Waals surface area contributed by atoms with Gasteiger partial charge in [0.25, 0.3) is 0 Å². The molecule has 4 rings (SSSR count). The summed E-state index contributed by atoms with van der Waals surface area (Å²) in [6.07, 6.45) is 0. The van der Waals surface area contributed by atoms with Crippen LogP contribution in [0.25, 0.3) is 34.4 Å². The number of benzene rings is 3. The van der Waals surface area contributed by atoms with Gasteiger partial charge in [-0.1, -0.05) is 55.6 Å². The van der Waals surface area contributed by atoms with Gasteiger partial charge in [-0.15, -0.1) is 0 Å². The normalized spacial score (nSPS) is 11.8. The lowest BCUT2D eigenvalue weighted by Gasteiger charge is -2.13. The first kappa shape index (κ1) is 21.1. The van der Waals surface area contributed by atoms with E-state index >= 15 is 0 Å². The van der Waals surface area contributed by atoms with Gasteiger partial charge in [0.05, 0.1) is 11.4 Å². The van der Waals surface area contributed by atoms with Gasteiger partial charge in [0.15, 0.2) is 0 Å². The smallest absolute Gasteiger partial charge is 0.0617 e. The number of aromatic amines is 1. The fourth-order valence-electron chi connectivity index (χ4n) is 3.82.